The van der Waals surface area contributed by atoms with E-state index in [1.165, 1.54) is 9.80 Å². The molecule has 5 rings (SSSR count). The highest BCUT2D eigenvalue weighted by molar-refractivity contribution is 6.23. The second-order valence-corrected chi connectivity index (χ2v) is 7.89. The van der Waals surface area contributed by atoms with E-state index in [1.807, 2.05) is 6.07 Å². The van der Waals surface area contributed by atoms with E-state index in [9.17, 15) is 19.5 Å². The summed E-state index contributed by atoms with van der Waals surface area (Å²) in [7, 11) is 1.65. The number of Topliss-reactive ketones (excluding diaryl/α,β-unsaturated/α-hetero) is 1. The maximum absolute atomic E-state index is 13.6. The van der Waals surface area contributed by atoms with Crippen molar-refractivity contribution in [2.45, 2.75) is 37.3 Å². The first-order valence-corrected chi connectivity index (χ1v) is 9.79. The highest BCUT2D eigenvalue weighted by Gasteiger charge is 2.67. The number of aliphatic hydroxyl groups is 1. The lowest BCUT2D eigenvalue weighted by molar-refractivity contribution is -0.141. The number of hydrogen-bond donors (Lipinski definition) is 1. The van der Waals surface area contributed by atoms with E-state index in [-0.39, 0.29) is 48.2 Å². The van der Waals surface area contributed by atoms with E-state index in [4.69, 9.17) is 4.74 Å². The molecule has 146 valence electrons. The van der Waals surface area contributed by atoms with Gasteiger partial charge in [-0.25, -0.2) is 0 Å². The summed E-state index contributed by atoms with van der Waals surface area (Å²) in [5.74, 6) is -1.32. The second kappa shape index (κ2) is 5.91. The van der Waals surface area contributed by atoms with Gasteiger partial charge in [0.15, 0.2) is 17.1 Å². The third-order valence-electron chi connectivity index (χ3n) is 6.58. The van der Waals surface area contributed by atoms with Crippen molar-refractivity contribution in [3.8, 4) is 0 Å². The lowest BCUT2D eigenvalue weighted by atomic mass is 9.73. The molecule has 1 saturated carbocycles. The quantitative estimate of drug-likeness (QED) is 0.828. The molecular formula is C21H22N2O5. The van der Waals surface area contributed by atoms with Gasteiger partial charge in [0, 0.05) is 24.8 Å². The average Bonchev–Trinajstić information content (AvgIpc) is 3.09. The molecule has 1 aromatic rings. The molecule has 0 aromatic heterocycles. The summed E-state index contributed by atoms with van der Waals surface area (Å²) >= 11 is 0. The zero-order chi connectivity index (χ0) is 19.6. The molecule has 1 aliphatic carbocycles. The van der Waals surface area contributed by atoms with Crippen LogP contribution in [0.3, 0.4) is 0 Å². The van der Waals surface area contributed by atoms with E-state index < -0.39 is 11.4 Å². The molecule has 1 fully saturated rings. The van der Waals surface area contributed by atoms with Crippen LogP contribution in [-0.2, 0) is 24.7 Å². The third-order valence-corrected chi connectivity index (χ3v) is 6.58. The van der Waals surface area contributed by atoms with E-state index in [0.29, 0.717) is 17.7 Å². The van der Waals surface area contributed by atoms with Crippen molar-refractivity contribution < 1.29 is 24.2 Å². The van der Waals surface area contributed by atoms with Crippen LogP contribution in [0.25, 0.3) is 0 Å². The Hall–Kier alpha value is -2.67. The van der Waals surface area contributed by atoms with Gasteiger partial charge in [0.2, 0.25) is 0 Å². The minimum atomic E-state index is -1.54. The molecule has 3 atom stereocenters. The largest absolute Gasteiger partial charge is 0.483 e. The molecule has 28 heavy (non-hydrogen) atoms. The standard InChI is InChI=1S/C21H22N2O5/c1-22-14-8-4-3-7-13(14)21(20(22)27)16-17(25)12-6-2-5-9-15(12)28-18(16)19(26)23(21)10-11-24/h3-4,7-8,12,15,24H,2,5-6,9-11H2,1H3. The van der Waals surface area contributed by atoms with Crippen molar-refractivity contribution in [3.05, 3.63) is 41.2 Å². The van der Waals surface area contributed by atoms with Crippen LogP contribution in [0.5, 0.6) is 0 Å². The Bertz CT molecular complexity index is 938. The van der Waals surface area contributed by atoms with Gasteiger partial charge in [-0.1, -0.05) is 24.6 Å². The Morgan fingerprint density at radius 1 is 1.18 bits per heavy atom. The molecule has 4 aliphatic rings. The molecule has 7 heteroatoms. The fourth-order valence-corrected chi connectivity index (χ4v) is 5.37. The first kappa shape index (κ1) is 17.4. The number of rotatable bonds is 2. The van der Waals surface area contributed by atoms with E-state index in [0.717, 1.165) is 19.3 Å². The van der Waals surface area contributed by atoms with Gasteiger partial charge in [0.25, 0.3) is 11.8 Å². The summed E-state index contributed by atoms with van der Waals surface area (Å²) in [4.78, 5) is 43.3. The third kappa shape index (κ3) is 1.90. The SMILES string of the molecule is CN1C(=O)C2(C3=C(OC4CCCCC4C3=O)C(=O)N2CCO)c2ccccc21. The Balaban J connectivity index is 1.78. The molecule has 1 aromatic carbocycles. The maximum Gasteiger partial charge on any atom is 0.290 e. The van der Waals surface area contributed by atoms with Crippen molar-refractivity contribution in [1.82, 2.24) is 4.90 Å². The monoisotopic (exact) mass is 382 g/mol. The fourth-order valence-electron chi connectivity index (χ4n) is 5.37. The van der Waals surface area contributed by atoms with Crippen molar-refractivity contribution in [3.63, 3.8) is 0 Å². The topological polar surface area (TPSA) is 87.2 Å². The molecule has 1 spiro atoms. The molecule has 0 saturated heterocycles. The van der Waals surface area contributed by atoms with Gasteiger partial charge in [0.05, 0.1) is 18.1 Å². The van der Waals surface area contributed by atoms with E-state index in [2.05, 4.69) is 0 Å². The van der Waals surface area contributed by atoms with Crippen LogP contribution in [0, 0.1) is 5.92 Å². The van der Waals surface area contributed by atoms with Crippen LogP contribution in [0.1, 0.15) is 31.2 Å². The summed E-state index contributed by atoms with van der Waals surface area (Å²) < 4.78 is 6.07. The van der Waals surface area contributed by atoms with E-state index >= 15 is 0 Å². The maximum atomic E-state index is 13.6. The van der Waals surface area contributed by atoms with Crippen molar-refractivity contribution in [1.29, 1.82) is 0 Å². The van der Waals surface area contributed by atoms with Gasteiger partial charge in [-0.05, 0) is 25.3 Å². The van der Waals surface area contributed by atoms with Crippen molar-refractivity contribution in [2.24, 2.45) is 5.92 Å². The number of nitrogens with zero attached hydrogens (tertiary/aromatic N) is 2. The number of β-amino-alcohol motifs (C(OH)–C–C–N with tert-alkyl or cyclic N) is 1. The fraction of sp³-hybridized carbons (Fsp3) is 0.476. The van der Waals surface area contributed by atoms with E-state index in [1.54, 1.807) is 25.2 Å². The van der Waals surface area contributed by atoms with Gasteiger partial charge >= 0.3 is 0 Å². The van der Waals surface area contributed by atoms with Gasteiger partial charge in [0.1, 0.15) is 6.10 Å². The molecule has 3 heterocycles. The number of ether oxygens (including phenoxy) is 1. The van der Waals surface area contributed by atoms with Gasteiger partial charge in [-0.3, -0.25) is 14.4 Å². The molecule has 7 nitrogen and oxygen atoms in total. The Morgan fingerprint density at radius 2 is 1.93 bits per heavy atom. The minimum Gasteiger partial charge on any atom is -0.483 e. The van der Waals surface area contributed by atoms with Gasteiger partial charge in [-0.2, -0.15) is 0 Å². The summed E-state index contributed by atoms with van der Waals surface area (Å²) in [5.41, 5.74) is -0.119. The Morgan fingerprint density at radius 3 is 2.71 bits per heavy atom. The van der Waals surface area contributed by atoms with Crippen molar-refractivity contribution in [2.75, 3.05) is 25.1 Å². The molecule has 0 bridgehead atoms. The molecular weight excluding hydrogens is 360 g/mol. The number of para-hydroxylation sites is 1. The number of anilines is 1. The number of amides is 2. The first-order chi connectivity index (χ1) is 13.5. The summed E-state index contributed by atoms with van der Waals surface area (Å²) in [6.07, 6.45) is 3.03. The van der Waals surface area contributed by atoms with Crippen LogP contribution < -0.4 is 4.90 Å². The number of aliphatic hydroxyl groups excluding tert-OH is 1. The zero-order valence-corrected chi connectivity index (χ0v) is 15.7. The van der Waals surface area contributed by atoms with Crippen LogP contribution >= 0.6 is 0 Å². The lowest BCUT2D eigenvalue weighted by Gasteiger charge is -2.38. The number of carbonyl (C=O) groups excluding carboxylic acids is 3. The highest BCUT2D eigenvalue weighted by Crippen LogP contribution is 2.55. The first-order valence-electron chi connectivity index (χ1n) is 9.79. The molecule has 1 N–H and O–H groups in total. The van der Waals surface area contributed by atoms with Crippen LogP contribution in [-0.4, -0.2) is 53.9 Å². The molecule has 3 unspecified atom stereocenters. The Kier molecular flexibility index (Phi) is 3.68. The van der Waals surface area contributed by atoms with Crippen LogP contribution in [0.4, 0.5) is 5.69 Å². The zero-order valence-electron chi connectivity index (χ0n) is 15.7. The average molecular weight is 382 g/mol. The number of carbonyl (C=O) groups is 3. The Labute approximate surface area is 162 Å². The van der Waals surface area contributed by atoms with Crippen LogP contribution in [0.2, 0.25) is 0 Å². The number of benzene rings is 1. The second-order valence-electron chi connectivity index (χ2n) is 7.89. The normalized spacial score (nSPS) is 31.3. The predicted octanol–water partition coefficient (Wildman–Crippen LogP) is 1.10. The summed E-state index contributed by atoms with van der Waals surface area (Å²) in [5, 5.41) is 9.63. The van der Waals surface area contributed by atoms with Gasteiger partial charge < -0.3 is 19.6 Å². The van der Waals surface area contributed by atoms with Crippen molar-refractivity contribution >= 4 is 23.3 Å². The minimum absolute atomic E-state index is 0.0000491. The molecule has 3 aliphatic heterocycles. The lowest BCUT2D eigenvalue weighted by Crippen LogP contribution is -2.55. The number of fused-ring (bicyclic) bond motifs is 4. The number of ketones is 1. The smallest absolute Gasteiger partial charge is 0.290 e. The predicted molar refractivity (Wildman–Crippen MR) is 99.2 cm³/mol. The molecule has 2 amide bonds. The summed E-state index contributed by atoms with van der Waals surface area (Å²) in [6, 6.07) is 7.20. The van der Waals surface area contributed by atoms with Crippen LogP contribution in [0.15, 0.2) is 35.6 Å². The number of hydrogen-bond acceptors (Lipinski definition) is 5. The van der Waals surface area contributed by atoms with Gasteiger partial charge in [-0.15, -0.1) is 0 Å². The number of likely N-dealkylation sites (N-methyl/N-ethyl adjacent to an activating group) is 1. The summed E-state index contributed by atoms with van der Waals surface area (Å²) in [6.45, 7) is -0.361. The molecule has 0 radical (unpaired) electrons. The highest BCUT2D eigenvalue weighted by atomic mass is 16.5.